The van der Waals surface area contributed by atoms with Gasteiger partial charge in [-0.15, -0.1) is 0 Å². The lowest BCUT2D eigenvalue weighted by Crippen LogP contribution is -2.40. The number of likely N-dealkylation sites (tertiary alicyclic amines) is 1. The summed E-state index contributed by atoms with van der Waals surface area (Å²) in [5.41, 5.74) is -0.152. The van der Waals surface area contributed by atoms with E-state index in [1.807, 2.05) is 0 Å². The van der Waals surface area contributed by atoms with Crippen molar-refractivity contribution in [2.75, 3.05) is 11.9 Å². The molecule has 144 valence electrons. The molecule has 0 radical (unpaired) electrons. The largest absolute Gasteiger partial charge is 0.324 e. The Kier molecular flexibility index (Phi) is 3.64. The van der Waals surface area contributed by atoms with Crippen molar-refractivity contribution in [2.24, 2.45) is 35.5 Å². The van der Waals surface area contributed by atoms with Gasteiger partial charge in [-0.3, -0.25) is 29.4 Å². The van der Waals surface area contributed by atoms with Crippen LogP contribution in [-0.2, 0) is 14.4 Å². The molecule has 8 nitrogen and oxygen atoms in total. The standard InChI is InChI=1S/C19H16ClN3O5/c20-13-4-1-8(5-14(13)23(27)28)21-15(24)7-22-18(25)16-9-2-3-10(12-6-11(9)12)17(16)19(22)26/h1-5,9-12,16-17H,6-7H2,(H,21,24)/t9-,10-,11-,12-,16+,17+/m0/s1. The molecule has 0 aromatic heterocycles. The predicted octanol–water partition coefficient (Wildman–Crippen LogP) is 2.24. The third-order valence-electron chi connectivity index (χ3n) is 6.48. The summed E-state index contributed by atoms with van der Waals surface area (Å²) in [6.45, 7) is -0.393. The Balaban J connectivity index is 1.31. The van der Waals surface area contributed by atoms with Crippen molar-refractivity contribution in [1.29, 1.82) is 0 Å². The molecule has 0 spiro atoms. The minimum Gasteiger partial charge on any atom is -0.324 e. The highest BCUT2D eigenvalue weighted by Gasteiger charge is 2.67. The summed E-state index contributed by atoms with van der Waals surface area (Å²) in [7, 11) is 0. The van der Waals surface area contributed by atoms with E-state index in [0.717, 1.165) is 17.4 Å². The fraction of sp³-hybridized carbons (Fsp3) is 0.421. The lowest BCUT2D eigenvalue weighted by molar-refractivity contribution is -0.384. The smallest absolute Gasteiger partial charge is 0.289 e. The van der Waals surface area contributed by atoms with E-state index in [1.54, 1.807) is 0 Å². The first-order valence-corrected chi connectivity index (χ1v) is 9.52. The number of anilines is 1. The second-order valence-corrected chi connectivity index (χ2v) is 8.30. The molecule has 9 heteroatoms. The Morgan fingerprint density at radius 2 is 1.79 bits per heavy atom. The van der Waals surface area contributed by atoms with Crippen molar-refractivity contribution in [3.8, 4) is 0 Å². The molecule has 3 fully saturated rings. The Hall–Kier alpha value is -2.74. The number of benzene rings is 1. The minimum atomic E-state index is -0.649. The van der Waals surface area contributed by atoms with Gasteiger partial charge in [0.25, 0.3) is 5.69 Å². The summed E-state index contributed by atoms with van der Waals surface area (Å²) in [5, 5.41) is 13.4. The van der Waals surface area contributed by atoms with Crippen molar-refractivity contribution < 1.29 is 19.3 Å². The third-order valence-corrected chi connectivity index (χ3v) is 6.80. The zero-order chi connectivity index (χ0) is 19.7. The molecule has 0 unspecified atom stereocenters. The molecule has 2 saturated carbocycles. The second kappa shape index (κ2) is 5.88. The summed E-state index contributed by atoms with van der Waals surface area (Å²) >= 11 is 5.76. The predicted molar refractivity (Wildman–Crippen MR) is 98.2 cm³/mol. The maximum atomic E-state index is 12.9. The van der Waals surface area contributed by atoms with Crippen LogP contribution < -0.4 is 5.32 Å². The number of nitrogens with one attached hydrogen (secondary N) is 1. The number of hydrogen-bond donors (Lipinski definition) is 1. The van der Waals surface area contributed by atoms with E-state index >= 15 is 0 Å². The van der Waals surface area contributed by atoms with E-state index in [4.69, 9.17) is 11.6 Å². The summed E-state index contributed by atoms with van der Waals surface area (Å²) in [6, 6.07) is 3.88. The molecule has 4 aliphatic carbocycles. The first-order valence-electron chi connectivity index (χ1n) is 9.14. The third kappa shape index (κ3) is 2.40. The molecule has 6 rings (SSSR count). The van der Waals surface area contributed by atoms with Gasteiger partial charge in [0.2, 0.25) is 17.7 Å². The van der Waals surface area contributed by atoms with Gasteiger partial charge >= 0.3 is 0 Å². The molecule has 28 heavy (non-hydrogen) atoms. The molecule has 6 atom stereocenters. The van der Waals surface area contributed by atoms with E-state index < -0.39 is 17.4 Å². The van der Waals surface area contributed by atoms with E-state index in [0.29, 0.717) is 11.8 Å². The van der Waals surface area contributed by atoms with Gasteiger partial charge in [0.1, 0.15) is 11.6 Å². The lowest BCUT2D eigenvalue weighted by Gasteiger charge is -2.37. The number of carbonyl (C=O) groups is 3. The van der Waals surface area contributed by atoms with Gasteiger partial charge in [-0.2, -0.15) is 0 Å². The zero-order valence-electron chi connectivity index (χ0n) is 14.6. The summed E-state index contributed by atoms with van der Waals surface area (Å²) in [5.74, 6) is -0.651. The van der Waals surface area contributed by atoms with Crippen molar-refractivity contribution in [3.05, 3.63) is 45.5 Å². The molecule has 2 bridgehead atoms. The Labute approximate surface area is 164 Å². The van der Waals surface area contributed by atoms with Gasteiger partial charge in [-0.25, -0.2) is 0 Å². The van der Waals surface area contributed by atoms with Gasteiger partial charge in [0, 0.05) is 11.8 Å². The number of hydrogen-bond acceptors (Lipinski definition) is 5. The fourth-order valence-corrected chi connectivity index (χ4v) is 5.44. The van der Waals surface area contributed by atoms with Crippen LogP contribution in [0.4, 0.5) is 11.4 Å². The highest BCUT2D eigenvalue weighted by molar-refractivity contribution is 6.32. The van der Waals surface area contributed by atoms with Gasteiger partial charge in [0.15, 0.2) is 0 Å². The summed E-state index contributed by atoms with van der Waals surface area (Å²) in [4.78, 5) is 49.5. The van der Waals surface area contributed by atoms with Gasteiger partial charge in [-0.1, -0.05) is 23.8 Å². The second-order valence-electron chi connectivity index (χ2n) is 7.89. The first-order chi connectivity index (χ1) is 13.4. The lowest BCUT2D eigenvalue weighted by atomic mass is 9.63. The molecule has 1 N–H and O–H groups in total. The number of carbonyl (C=O) groups excluding carboxylic acids is 3. The van der Waals surface area contributed by atoms with Crippen LogP contribution in [0.5, 0.6) is 0 Å². The first kappa shape index (κ1) is 17.4. The molecule has 1 saturated heterocycles. The number of nitro groups is 1. The maximum Gasteiger partial charge on any atom is 0.289 e. The van der Waals surface area contributed by atoms with Crippen LogP contribution in [0.3, 0.4) is 0 Å². The highest BCUT2D eigenvalue weighted by atomic mass is 35.5. The molecule has 5 aliphatic rings. The van der Waals surface area contributed by atoms with Crippen molar-refractivity contribution in [3.63, 3.8) is 0 Å². The molecule has 1 heterocycles. The zero-order valence-corrected chi connectivity index (χ0v) is 15.3. The topological polar surface area (TPSA) is 110 Å². The van der Waals surface area contributed by atoms with E-state index in [2.05, 4.69) is 17.5 Å². The van der Waals surface area contributed by atoms with Crippen LogP contribution in [-0.4, -0.2) is 34.1 Å². The van der Waals surface area contributed by atoms with Crippen LogP contribution in [0.2, 0.25) is 5.02 Å². The van der Waals surface area contributed by atoms with Crippen LogP contribution in [0, 0.1) is 45.6 Å². The molecule has 1 aromatic carbocycles. The van der Waals surface area contributed by atoms with Crippen molar-refractivity contribution >= 4 is 40.7 Å². The monoisotopic (exact) mass is 401 g/mol. The van der Waals surface area contributed by atoms with E-state index in [9.17, 15) is 24.5 Å². The fourth-order valence-electron chi connectivity index (χ4n) is 5.25. The number of nitro benzene ring substituents is 1. The summed E-state index contributed by atoms with van der Waals surface area (Å²) < 4.78 is 0. The van der Waals surface area contributed by atoms with Crippen molar-refractivity contribution in [1.82, 2.24) is 4.90 Å². The molecule has 1 aliphatic heterocycles. The van der Waals surface area contributed by atoms with Crippen LogP contribution >= 0.6 is 11.6 Å². The number of imide groups is 1. The highest BCUT2D eigenvalue weighted by Crippen LogP contribution is 2.65. The van der Waals surface area contributed by atoms with E-state index in [-0.39, 0.29) is 51.9 Å². The van der Waals surface area contributed by atoms with Gasteiger partial charge < -0.3 is 5.32 Å². The maximum absolute atomic E-state index is 12.9. The number of rotatable bonds is 4. The number of nitrogens with zero attached hydrogens (tertiary/aromatic N) is 2. The number of amides is 3. The molecular weight excluding hydrogens is 386 g/mol. The minimum absolute atomic E-state index is 0.0430. The molecule has 1 aromatic rings. The Morgan fingerprint density at radius 1 is 1.18 bits per heavy atom. The SMILES string of the molecule is O=C(CN1C(=O)[C@@H]2[C@H]3C=C[C@@H]([C@@H]4C[C@@H]34)[C@H]2C1=O)Nc1ccc(Cl)c([N+](=O)[O-])c1. The number of halogens is 1. The molecule has 3 amide bonds. The van der Waals surface area contributed by atoms with Crippen LogP contribution in [0.1, 0.15) is 6.42 Å². The quantitative estimate of drug-likeness (QED) is 0.360. The van der Waals surface area contributed by atoms with Gasteiger partial charge in [-0.05, 0) is 42.2 Å². The molecular formula is C19H16ClN3O5. The normalized spacial score (nSPS) is 34.2. The Morgan fingerprint density at radius 3 is 2.36 bits per heavy atom. The van der Waals surface area contributed by atoms with E-state index in [1.165, 1.54) is 12.1 Å². The average molecular weight is 402 g/mol. The number of allylic oxidation sites excluding steroid dienone is 2. The van der Waals surface area contributed by atoms with Crippen LogP contribution in [0.25, 0.3) is 0 Å². The average Bonchev–Trinajstić information content (AvgIpc) is 3.44. The Bertz CT molecular complexity index is 940. The summed E-state index contributed by atoms with van der Waals surface area (Å²) in [6.07, 6.45) is 5.22. The van der Waals surface area contributed by atoms with Crippen molar-refractivity contribution in [2.45, 2.75) is 6.42 Å². The van der Waals surface area contributed by atoms with Crippen LogP contribution in [0.15, 0.2) is 30.4 Å². The van der Waals surface area contributed by atoms with Gasteiger partial charge in [0.05, 0.1) is 16.8 Å².